The summed E-state index contributed by atoms with van der Waals surface area (Å²) in [4.78, 5) is 18.7. The van der Waals surface area contributed by atoms with Gasteiger partial charge >= 0.3 is 0 Å². The number of alkyl halides is 2. The van der Waals surface area contributed by atoms with Gasteiger partial charge in [0, 0.05) is 30.8 Å². The molecule has 2 fully saturated rings. The number of aryl methyl sites for hydroxylation is 1. The first kappa shape index (κ1) is 17.2. The largest absolute Gasteiger partial charge is 0.350 e. The number of hydrogen-bond acceptors (Lipinski definition) is 4. The van der Waals surface area contributed by atoms with Crippen molar-refractivity contribution in [3.05, 3.63) is 23.5 Å². The summed E-state index contributed by atoms with van der Waals surface area (Å²) in [5.74, 6) is -1.91. The Morgan fingerprint density at radius 2 is 2.19 bits per heavy atom. The van der Waals surface area contributed by atoms with Crippen LogP contribution in [0.1, 0.15) is 48.7 Å². The van der Waals surface area contributed by atoms with E-state index >= 15 is 0 Å². The second-order valence-electron chi connectivity index (χ2n) is 7.53. The van der Waals surface area contributed by atoms with Crippen LogP contribution in [0.15, 0.2) is 12.3 Å². The van der Waals surface area contributed by atoms with Crippen molar-refractivity contribution in [3.8, 4) is 0 Å². The van der Waals surface area contributed by atoms with E-state index in [1.54, 1.807) is 15.5 Å². The van der Waals surface area contributed by atoms with Gasteiger partial charge in [-0.15, -0.1) is 0 Å². The predicted octanol–water partition coefficient (Wildman–Crippen LogP) is 2.80. The first-order valence-electron chi connectivity index (χ1n) is 9.13. The predicted molar refractivity (Wildman–Crippen MR) is 93.8 cm³/mol. The highest BCUT2D eigenvalue weighted by atomic mass is 19.3. The maximum atomic E-state index is 13.8. The van der Waals surface area contributed by atoms with Gasteiger partial charge in [0.25, 0.3) is 11.8 Å². The molecular formula is C18H23F2N5O. The minimum Gasteiger partial charge on any atom is -0.350 e. The van der Waals surface area contributed by atoms with Crippen molar-refractivity contribution in [2.45, 2.75) is 51.5 Å². The SMILES string of the molecule is Cc1cc(N2CCCC(F)(F)C2)nc2c(C(=O)NC(C)C3CC3)cnn12. The molecule has 1 saturated heterocycles. The van der Waals surface area contributed by atoms with Gasteiger partial charge in [-0.25, -0.2) is 18.3 Å². The molecule has 2 aliphatic rings. The smallest absolute Gasteiger partial charge is 0.265 e. The number of amides is 1. The van der Waals surface area contributed by atoms with Crippen LogP contribution in [0.3, 0.4) is 0 Å². The lowest BCUT2D eigenvalue weighted by molar-refractivity contribution is -0.0118. The van der Waals surface area contributed by atoms with Crippen LogP contribution in [0.2, 0.25) is 0 Å². The van der Waals surface area contributed by atoms with Crippen LogP contribution in [0.25, 0.3) is 5.65 Å². The van der Waals surface area contributed by atoms with Gasteiger partial charge in [-0.05, 0) is 39.0 Å². The van der Waals surface area contributed by atoms with E-state index in [1.807, 2.05) is 13.8 Å². The molecule has 1 aliphatic heterocycles. The molecule has 6 nitrogen and oxygen atoms in total. The van der Waals surface area contributed by atoms with Crippen LogP contribution in [0, 0.1) is 12.8 Å². The van der Waals surface area contributed by atoms with E-state index in [4.69, 9.17) is 0 Å². The van der Waals surface area contributed by atoms with Crippen LogP contribution in [0.5, 0.6) is 0 Å². The molecule has 1 amide bonds. The molecule has 0 aromatic carbocycles. The number of hydrogen-bond donors (Lipinski definition) is 1. The monoisotopic (exact) mass is 363 g/mol. The first-order valence-corrected chi connectivity index (χ1v) is 9.13. The number of nitrogens with one attached hydrogen (secondary N) is 1. The van der Waals surface area contributed by atoms with Gasteiger partial charge < -0.3 is 10.2 Å². The molecule has 1 N–H and O–H groups in total. The molecular weight excluding hydrogens is 340 g/mol. The molecule has 1 aliphatic carbocycles. The molecule has 2 aromatic rings. The lowest BCUT2D eigenvalue weighted by atomic mass is 10.1. The van der Waals surface area contributed by atoms with Gasteiger partial charge in [0.1, 0.15) is 11.4 Å². The molecule has 0 radical (unpaired) electrons. The fraction of sp³-hybridized carbons (Fsp3) is 0.611. The van der Waals surface area contributed by atoms with E-state index in [-0.39, 0.29) is 24.9 Å². The molecule has 8 heteroatoms. The zero-order chi connectivity index (χ0) is 18.5. The van der Waals surface area contributed by atoms with Crippen molar-refractivity contribution in [1.82, 2.24) is 19.9 Å². The third-order valence-electron chi connectivity index (χ3n) is 5.29. The molecule has 1 unspecified atom stereocenters. The van der Waals surface area contributed by atoms with Gasteiger partial charge in [-0.2, -0.15) is 5.10 Å². The number of aromatic nitrogens is 3. The van der Waals surface area contributed by atoms with Gasteiger partial charge in [-0.3, -0.25) is 4.79 Å². The molecule has 3 heterocycles. The van der Waals surface area contributed by atoms with E-state index in [0.717, 1.165) is 18.5 Å². The van der Waals surface area contributed by atoms with Crippen LogP contribution >= 0.6 is 0 Å². The summed E-state index contributed by atoms with van der Waals surface area (Å²) in [5.41, 5.74) is 1.55. The minimum atomic E-state index is -2.71. The lowest BCUT2D eigenvalue weighted by Crippen LogP contribution is -2.43. The average Bonchev–Trinajstić information content (AvgIpc) is 3.33. The van der Waals surface area contributed by atoms with Gasteiger partial charge in [-0.1, -0.05) is 0 Å². The van der Waals surface area contributed by atoms with Gasteiger partial charge in [0.15, 0.2) is 5.65 Å². The Hall–Kier alpha value is -2.25. The van der Waals surface area contributed by atoms with E-state index in [0.29, 0.717) is 35.9 Å². The number of fused-ring (bicyclic) bond motifs is 1. The second kappa shape index (κ2) is 6.17. The Morgan fingerprint density at radius 1 is 1.42 bits per heavy atom. The molecule has 0 spiro atoms. The third-order valence-corrected chi connectivity index (χ3v) is 5.29. The highest BCUT2D eigenvalue weighted by Crippen LogP contribution is 2.33. The van der Waals surface area contributed by atoms with E-state index in [2.05, 4.69) is 15.4 Å². The van der Waals surface area contributed by atoms with Crippen LogP contribution in [0.4, 0.5) is 14.6 Å². The highest BCUT2D eigenvalue weighted by Gasteiger charge is 2.36. The Bertz CT molecular complexity index is 845. The molecule has 140 valence electrons. The Morgan fingerprint density at radius 3 is 2.88 bits per heavy atom. The maximum Gasteiger partial charge on any atom is 0.265 e. The lowest BCUT2D eigenvalue weighted by Gasteiger charge is -2.33. The number of anilines is 1. The van der Waals surface area contributed by atoms with Gasteiger partial charge in [0.2, 0.25) is 0 Å². The summed E-state index contributed by atoms with van der Waals surface area (Å²) in [5, 5.41) is 7.25. The van der Waals surface area contributed by atoms with Crippen LogP contribution in [-0.2, 0) is 0 Å². The Labute approximate surface area is 150 Å². The quantitative estimate of drug-likeness (QED) is 0.907. The first-order chi connectivity index (χ1) is 12.3. The van der Waals surface area contributed by atoms with Crippen molar-refractivity contribution in [1.29, 1.82) is 0 Å². The van der Waals surface area contributed by atoms with E-state index in [1.165, 1.54) is 6.20 Å². The normalized spacial score (nSPS) is 21.0. The Kier molecular flexibility index (Phi) is 4.08. The van der Waals surface area contributed by atoms with E-state index in [9.17, 15) is 13.6 Å². The number of halogens is 2. The summed E-state index contributed by atoms with van der Waals surface area (Å²) >= 11 is 0. The molecule has 1 saturated carbocycles. The topological polar surface area (TPSA) is 62.5 Å². The summed E-state index contributed by atoms with van der Waals surface area (Å²) in [6, 6.07) is 1.86. The standard InChI is InChI=1S/C18H23F2N5O/c1-11-8-15(24-7-3-6-18(19,20)10-24)23-16-14(9-21-25(11)16)17(26)22-12(2)13-4-5-13/h8-9,12-13H,3-7,10H2,1-2H3,(H,22,26). The van der Waals surface area contributed by atoms with E-state index < -0.39 is 5.92 Å². The Balaban J connectivity index is 1.65. The molecule has 1 atom stereocenters. The van der Waals surface area contributed by atoms with Crippen molar-refractivity contribution >= 4 is 17.4 Å². The summed E-state index contributed by atoms with van der Waals surface area (Å²) in [6.07, 6.45) is 4.11. The maximum absolute atomic E-state index is 13.8. The summed E-state index contributed by atoms with van der Waals surface area (Å²) in [7, 11) is 0. The molecule has 0 bridgehead atoms. The summed E-state index contributed by atoms with van der Waals surface area (Å²) < 4.78 is 29.1. The number of rotatable bonds is 4. The number of carbonyl (C=O) groups is 1. The van der Waals surface area contributed by atoms with Crippen molar-refractivity contribution in [3.63, 3.8) is 0 Å². The van der Waals surface area contributed by atoms with Crippen LogP contribution < -0.4 is 10.2 Å². The van der Waals surface area contributed by atoms with Crippen molar-refractivity contribution < 1.29 is 13.6 Å². The number of piperidine rings is 1. The van der Waals surface area contributed by atoms with Crippen molar-refractivity contribution in [2.24, 2.45) is 5.92 Å². The third kappa shape index (κ3) is 3.24. The van der Waals surface area contributed by atoms with Crippen LogP contribution in [-0.4, -0.2) is 45.6 Å². The fourth-order valence-electron chi connectivity index (χ4n) is 3.58. The number of nitrogens with zero attached hydrogens (tertiary/aromatic N) is 4. The minimum absolute atomic E-state index is 0.0931. The zero-order valence-corrected chi connectivity index (χ0v) is 15.0. The molecule has 26 heavy (non-hydrogen) atoms. The molecule has 2 aromatic heterocycles. The summed E-state index contributed by atoms with van der Waals surface area (Å²) in [6.45, 7) is 4.03. The average molecular weight is 363 g/mol. The number of carbonyl (C=O) groups excluding carboxylic acids is 1. The fourth-order valence-corrected chi connectivity index (χ4v) is 3.58. The van der Waals surface area contributed by atoms with Gasteiger partial charge in [0.05, 0.1) is 12.7 Å². The molecule has 4 rings (SSSR count). The zero-order valence-electron chi connectivity index (χ0n) is 15.0. The highest BCUT2D eigenvalue weighted by molar-refractivity contribution is 6.00. The van der Waals surface area contributed by atoms with Crippen molar-refractivity contribution in [2.75, 3.05) is 18.0 Å². The second-order valence-corrected chi connectivity index (χ2v) is 7.53.